The number of sulfonamides is 1. The number of benzene rings is 2. The lowest BCUT2D eigenvalue weighted by atomic mass is 10.3. The lowest BCUT2D eigenvalue weighted by Crippen LogP contribution is -2.43. The van der Waals surface area contributed by atoms with E-state index in [0.717, 1.165) is 0 Å². The number of urea groups is 1. The van der Waals surface area contributed by atoms with E-state index in [2.05, 4.69) is 15.4 Å². The van der Waals surface area contributed by atoms with Crippen molar-refractivity contribution in [2.45, 2.75) is 17.2 Å². The number of amides is 2. The summed E-state index contributed by atoms with van der Waals surface area (Å²) in [4.78, 5) is 11.1. The number of aliphatic hydroxyl groups is 1. The molecular formula is C17H19N3O6S. The van der Waals surface area contributed by atoms with Gasteiger partial charge in [0, 0.05) is 6.54 Å². The molecule has 3 rings (SSSR count). The first-order valence-electron chi connectivity index (χ1n) is 8.05. The number of nitrogens with one attached hydrogen (secondary N) is 3. The summed E-state index contributed by atoms with van der Waals surface area (Å²) in [6.45, 7) is -0.151. The molecule has 2 aromatic rings. The fourth-order valence-electron chi connectivity index (χ4n) is 2.49. The second-order valence-corrected chi connectivity index (χ2v) is 7.51. The lowest BCUT2D eigenvalue weighted by Gasteiger charge is -2.14. The maximum absolute atomic E-state index is 12.4. The highest BCUT2D eigenvalue weighted by molar-refractivity contribution is 7.89. The van der Waals surface area contributed by atoms with Crippen LogP contribution in [0.5, 0.6) is 17.2 Å². The van der Waals surface area contributed by atoms with E-state index in [-0.39, 0.29) is 11.4 Å². The largest absolute Gasteiger partial charge is 0.493 e. The second-order valence-electron chi connectivity index (χ2n) is 5.75. The summed E-state index contributed by atoms with van der Waals surface area (Å²) in [6.07, 6.45) is -1.16. The maximum atomic E-state index is 12.4. The zero-order chi connectivity index (χ0) is 19.4. The average molecular weight is 393 g/mol. The van der Waals surface area contributed by atoms with Crippen LogP contribution in [0.15, 0.2) is 53.4 Å². The molecule has 1 fully saturated rings. The van der Waals surface area contributed by atoms with Crippen molar-refractivity contribution in [2.75, 3.05) is 13.7 Å². The van der Waals surface area contributed by atoms with Gasteiger partial charge in [-0.2, -0.15) is 0 Å². The Labute approximate surface area is 156 Å². The molecule has 10 heteroatoms. The van der Waals surface area contributed by atoms with Crippen LogP contribution in [0.2, 0.25) is 0 Å². The number of para-hydroxylation sites is 2. The van der Waals surface area contributed by atoms with Crippen LogP contribution in [0.4, 0.5) is 4.79 Å². The van der Waals surface area contributed by atoms with Crippen molar-refractivity contribution in [1.29, 1.82) is 0 Å². The smallest absolute Gasteiger partial charge is 0.317 e. The Morgan fingerprint density at radius 2 is 1.74 bits per heavy atom. The van der Waals surface area contributed by atoms with Crippen LogP contribution >= 0.6 is 0 Å². The van der Waals surface area contributed by atoms with Gasteiger partial charge in [0.05, 0.1) is 18.0 Å². The molecule has 1 aliphatic heterocycles. The minimum absolute atomic E-state index is 0.0293. The van der Waals surface area contributed by atoms with Gasteiger partial charge in [0.1, 0.15) is 12.0 Å². The SMILES string of the molecule is COc1ccccc1Oc1ccc(S(=O)(=O)NC[C@@H]2NC(=O)NC2O)cc1. The summed E-state index contributed by atoms with van der Waals surface area (Å²) in [5.74, 6) is 1.51. The van der Waals surface area contributed by atoms with E-state index in [1.807, 2.05) is 6.07 Å². The van der Waals surface area contributed by atoms with Crippen molar-refractivity contribution in [3.8, 4) is 17.2 Å². The van der Waals surface area contributed by atoms with E-state index in [1.54, 1.807) is 18.2 Å². The number of rotatable bonds is 7. The molecule has 4 N–H and O–H groups in total. The molecule has 0 saturated carbocycles. The highest BCUT2D eigenvalue weighted by Crippen LogP contribution is 2.31. The molecule has 2 amide bonds. The van der Waals surface area contributed by atoms with Gasteiger partial charge in [-0.15, -0.1) is 0 Å². The standard InChI is InChI=1S/C17H19N3O6S/c1-25-14-4-2-3-5-15(14)26-11-6-8-12(9-7-11)27(23,24)18-10-13-16(21)20-17(22)19-13/h2-9,13,16,18,21H,10H2,1H3,(H2,19,20,22)/t13-,16?/m0/s1. The Hall–Kier alpha value is -2.82. The highest BCUT2D eigenvalue weighted by Gasteiger charge is 2.30. The molecule has 9 nitrogen and oxygen atoms in total. The first-order valence-corrected chi connectivity index (χ1v) is 9.53. The van der Waals surface area contributed by atoms with Crippen LogP contribution in [0.1, 0.15) is 0 Å². The van der Waals surface area contributed by atoms with Crippen molar-refractivity contribution < 1.29 is 27.8 Å². The normalized spacial score (nSPS) is 19.3. The summed E-state index contributed by atoms with van der Waals surface area (Å²) >= 11 is 0. The Kier molecular flexibility index (Phi) is 5.49. The second kappa shape index (κ2) is 7.82. The van der Waals surface area contributed by atoms with Gasteiger partial charge >= 0.3 is 6.03 Å². The van der Waals surface area contributed by atoms with Crippen molar-refractivity contribution in [3.05, 3.63) is 48.5 Å². The minimum Gasteiger partial charge on any atom is -0.493 e. The van der Waals surface area contributed by atoms with Gasteiger partial charge in [-0.3, -0.25) is 0 Å². The molecule has 1 unspecified atom stereocenters. The zero-order valence-electron chi connectivity index (χ0n) is 14.4. The monoisotopic (exact) mass is 393 g/mol. The number of hydrogen-bond donors (Lipinski definition) is 4. The van der Waals surface area contributed by atoms with Crippen molar-refractivity contribution in [1.82, 2.24) is 15.4 Å². The van der Waals surface area contributed by atoms with Crippen molar-refractivity contribution in [2.24, 2.45) is 0 Å². The molecule has 0 aromatic heterocycles. The van der Waals surface area contributed by atoms with E-state index >= 15 is 0 Å². The maximum Gasteiger partial charge on any atom is 0.317 e. The fraction of sp³-hybridized carbons (Fsp3) is 0.235. The molecule has 0 bridgehead atoms. The third-order valence-electron chi connectivity index (χ3n) is 3.90. The zero-order valence-corrected chi connectivity index (χ0v) is 15.2. The van der Waals surface area contributed by atoms with Gasteiger partial charge in [-0.1, -0.05) is 12.1 Å². The number of carbonyl (C=O) groups is 1. The van der Waals surface area contributed by atoms with Gasteiger partial charge in [0.25, 0.3) is 0 Å². The van der Waals surface area contributed by atoms with Crippen LogP contribution in [0, 0.1) is 0 Å². The molecular weight excluding hydrogens is 374 g/mol. The number of aliphatic hydroxyl groups excluding tert-OH is 1. The Morgan fingerprint density at radius 3 is 2.33 bits per heavy atom. The number of ether oxygens (including phenoxy) is 2. The molecule has 27 heavy (non-hydrogen) atoms. The highest BCUT2D eigenvalue weighted by atomic mass is 32.2. The van der Waals surface area contributed by atoms with Gasteiger partial charge in [-0.05, 0) is 36.4 Å². The summed E-state index contributed by atoms with van der Waals surface area (Å²) < 4.78 is 38.0. The molecule has 0 spiro atoms. The van der Waals surface area contributed by atoms with Gasteiger partial charge in [-0.25, -0.2) is 17.9 Å². The van der Waals surface area contributed by atoms with E-state index < -0.39 is 28.3 Å². The fourth-order valence-corrected chi connectivity index (χ4v) is 3.55. The molecule has 1 heterocycles. The first kappa shape index (κ1) is 19.0. The molecule has 2 aromatic carbocycles. The average Bonchev–Trinajstić information content (AvgIpc) is 2.98. The van der Waals surface area contributed by atoms with Crippen LogP contribution in [-0.2, 0) is 10.0 Å². The summed E-state index contributed by atoms with van der Waals surface area (Å²) in [5, 5.41) is 14.2. The van der Waals surface area contributed by atoms with Gasteiger partial charge in [0.2, 0.25) is 10.0 Å². The van der Waals surface area contributed by atoms with Gasteiger partial charge < -0.3 is 25.2 Å². The Balaban J connectivity index is 1.66. The lowest BCUT2D eigenvalue weighted by molar-refractivity contribution is 0.140. The topological polar surface area (TPSA) is 126 Å². The molecule has 144 valence electrons. The van der Waals surface area contributed by atoms with E-state index in [4.69, 9.17) is 9.47 Å². The van der Waals surface area contributed by atoms with E-state index in [1.165, 1.54) is 31.4 Å². The van der Waals surface area contributed by atoms with E-state index in [0.29, 0.717) is 17.2 Å². The van der Waals surface area contributed by atoms with Crippen LogP contribution in [0.3, 0.4) is 0 Å². The van der Waals surface area contributed by atoms with Gasteiger partial charge in [0.15, 0.2) is 11.5 Å². The van der Waals surface area contributed by atoms with Crippen LogP contribution < -0.4 is 24.8 Å². The molecule has 1 aliphatic rings. The predicted octanol–water partition coefficient (Wildman–Crippen LogP) is 0.766. The van der Waals surface area contributed by atoms with Crippen LogP contribution in [0.25, 0.3) is 0 Å². The summed E-state index contributed by atoms with van der Waals surface area (Å²) in [6, 6.07) is 11.6. The molecule has 1 saturated heterocycles. The summed E-state index contributed by atoms with van der Waals surface area (Å²) in [7, 11) is -2.28. The predicted molar refractivity (Wildman–Crippen MR) is 96.2 cm³/mol. The number of methoxy groups -OCH3 is 1. The third-order valence-corrected chi connectivity index (χ3v) is 5.34. The number of carbonyl (C=O) groups excluding carboxylic acids is 1. The number of hydrogen-bond acceptors (Lipinski definition) is 6. The third kappa shape index (κ3) is 4.48. The molecule has 0 radical (unpaired) electrons. The Bertz CT molecular complexity index is 917. The van der Waals surface area contributed by atoms with Crippen molar-refractivity contribution in [3.63, 3.8) is 0 Å². The van der Waals surface area contributed by atoms with Crippen LogP contribution in [-0.4, -0.2) is 45.5 Å². The molecule has 0 aliphatic carbocycles. The molecule has 2 atom stereocenters. The van der Waals surface area contributed by atoms with E-state index in [9.17, 15) is 18.3 Å². The first-order chi connectivity index (χ1) is 12.9. The quantitative estimate of drug-likeness (QED) is 0.550. The minimum atomic E-state index is -3.81. The van der Waals surface area contributed by atoms with Crippen molar-refractivity contribution >= 4 is 16.1 Å². The summed E-state index contributed by atoms with van der Waals surface area (Å²) in [5.41, 5.74) is 0. The Morgan fingerprint density at radius 1 is 1.07 bits per heavy atom.